The fourth-order valence-corrected chi connectivity index (χ4v) is 1.12. The van der Waals surface area contributed by atoms with Crippen LogP contribution in [0.1, 0.15) is 17.3 Å². The van der Waals surface area contributed by atoms with Crippen LogP contribution in [0.5, 0.6) is 5.75 Å². The Bertz CT molecular complexity index is 393. The maximum Gasteiger partial charge on any atom is 0.330 e. The molecule has 0 heterocycles. The van der Waals surface area contributed by atoms with Gasteiger partial charge in [0.25, 0.3) is 5.91 Å². The summed E-state index contributed by atoms with van der Waals surface area (Å²) in [6.45, 7) is 2.27. The number of para-hydroxylation sites is 1. The van der Waals surface area contributed by atoms with Crippen molar-refractivity contribution in [3.8, 4) is 5.75 Å². The summed E-state index contributed by atoms with van der Waals surface area (Å²) in [6.07, 6.45) is 0. The number of nitrogens with one attached hydrogen (secondary N) is 2. The second kappa shape index (κ2) is 5.59. The minimum Gasteiger partial charge on any atom is -0.493 e. The number of primary amides is 1. The van der Waals surface area contributed by atoms with Gasteiger partial charge in [-0.05, 0) is 19.1 Å². The van der Waals surface area contributed by atoms with Crippen LogP contribution in [0.25, 0.3) is 0 Å². The van der Waals surface area contributed by atoms with Gasteiger partial charge in [0.05, 0.1) is 12.2 Å². The maximum absolute atomic E-state index is 11.6. The Kier molecular flexibility index (Phi) is 4.14. The summed E-state index contributed by atoms with van der Waals surface area (Å²) >= 11 is 0. The first-order valence-corrected chi connectivity index (χ1v) is 4.72. The third-order valence-corrected chi connectivity index (χ3v) is 1.73. The molecule has 0 aliphatic carbocycles. The number of carbonyl (C=O) groups excluding carboxylic acids is 2. The molecule has 0 aliphatic rings. The molecule has 3 amide bonds. The molecule has 0 spiro atoms. The maximum atomic E-state index is 11.6. The standard InChI is InChI=1S/C10H13N3O3/c1-2-16-8-6-4-3-5-7(8)9(14)12-13-10(11)15/h3-6H,2H2,1H3,(H,12,14)(H3,11,13,15). The number of hydrazine groups is 1. The average Bonchev–Trinajstić information content (AvgIpc) is 2.27. The van der Waals surface area contributed by atoms with E-state index in [1.54, 1.807) is 24.3 Å². The van der Waals surface area contributed by atoms with E-state index in [1.807, 2.05) is 12.3 Å². The molecule has 0 aliphatic heterocycles. The summed E-state index contributed by atoms with van der Waals surface area (Å²) in [5.41, 5.74) is 9.30. The van der Waals surface area contributed by atoms with E-state index < -0.39 is 11.9 Å². The van der Waals surface area contributed by atoms with E-state index >= 15 is 0 Å². The number of urea groups is 1. The van der Waals surface area contributed by atoms with Gasteiger partial charge in [0.1, 0.15) is 5.75 Å². The quantitative estimate of drug-likeness (QED) is 0.647. The second-order valence-corrected chi connectivity index (χ2v) is 2.87. The number of nitrogens with two attached hydrogens (primary N) is 1. The third kappa shape index (κ3) is 3.16. The number of hydrogen-bond acceptors (Lipinski definition) is 3. The zero-order valence-corrected chi connectivity index (χ0v) is 8.82. The van der Waals surface area contributed by atoms with E-state index in [0.29, 0.717) is 17.9 Å². The molecule has 16 heavy (non-hydrogen) atoms. The molecule has 0 aromatic heterocycles. The van der Waals surface area contributed by atoms with Crippen LogP contribution in [0, 0.1) is 0 Å². The van der Waals surface area contributed by atoms with Crippen molar-refractivity contribution in [2.24, 2.45) is 5.73 Å². The molecule has 0 saturated heterocycles. The largest absolute Gasteiger partial charge is 0.493 e. The summed E-state index contributed by atoms with van der Waals surface area (Å²) in [6, 6.07) is 5.87. The van der Waals surface area contributed by atoms with Gasteiger partial charge in [-0.1, -0.05) is 12.1 Å². The first-order valence-electron chi connectivity index (χ1n) is 4.72. The minimum absolute atomic E-state index is 0.332. The molecule has 6 heteroatoms. The Morgan fingerprint density at radius 2 is 2.00 bits per heavy atom. The van der Waals surface area contributed by atoms with E-state index in [1.165, 1.54) is 0 Å². The fourth-order valence-electron chi connectivity index (χ4n) is 1.12. The predicted octanol–water partition coefficient (Wildman–Crippen LogP) is 0.398. The summed E-state index contributed by atoms with van der Waals surface area (Å²) in [7, 11) is 0. The number of rotatable bonds is 3. The van der Waals surface area contributed by atoms with Crippen molar-refractivity contribution in [2.45, 2.75) is 6.92 Å². The van der Waals surface area contributed by atoms with Crippen LogP contribution in [0.2, 0.25) is 0 Å². The molecular formula is C10H13N3O3. The average molecular weight is 223 g/mol. The van der Waals surface area contributed by atoms with E-state index in [-0.39, 0.29) is 0 Å². The lowest BCUT2D eigenvalue weighted by atomic mass is 10.2. The highest BCUT2D eigenvalue weighted by Crippen LogP contribution is 2.17. The van der Waals surface area contributed by atoms with Crippen LogP contribution in [0.4, 0.5) is 4.79 Å². The van der Waals surface area contributed by atoms with E-state index in [2.05, 4.69) is 5.43 Å². The number of amides is 3. The lowest BCUT2D eigenvalue weighted by Gasteiger charge is -2.09. The third-order valence-electron chi connectivity index (χ3n) is 1.73. The molecule has 86 valence electrons. The highest BCUT2D eigenvalue weighted by atomic mass is 16.5. The van der Waals surface area contributed by atoms with Crippen LogP contribution >= 0.6 is 0 Å². The zero-order chi connectivity index (χ0) is 12.0. The zero-order valence-electron chi connectivity index (χ0n) is 8.82. The number of benzene rings is 1. The van der Waals surface area contributed by atoms with Crippen molar-refractivity contribution < 1.29 is 14.3 Å². The molecule has 0 unspecified atom stereocenters. The Labute approximate surface area is 92.7 Å². The number of carbonyl (C=O) groups is 2. The predicted molar refractivity (Wildman–Crippen MR) is 57.8 cm³/mol. The highest BCUT2D eigenvalue weighted by molar-refractivity contribution is 5.97. The van der Waals surface area contributed by atoms with Crippen molar-refractivity contribution in [1.29, 1.82) is 0 Å². The van der Waals surface area contributed by atoms with Crippen LogP contribution in [0.3, 0.4) is 0 Å². The van der Waals surface area contributed by atoms with Gasteiger partial charge in [-0.3, -0.25) is 10.2 Å². The van der Waals surface area contributed by atoms with Gasteiger partial charge < -0.3 is 10.5 Å². The van der Waals surface area contributed by atoms with Gasteiger partial charge in [0, 0.05) is 0 Å². The smallest absolute Gasteiger partial charge is 0.330 e. The van der Waals surface area contributed by atoms with Crippen molar-refractivity contribution >= 4 is 11.9 Å². The molecule has 0 saturated carbocycles. The first-order chi connectivity index (χ1) is 7.65. The SMILES string of the molecule is CCOc1ccccc1C(=O)NNC(N)=O. The van der Waals surface area contributed by atoms with Gasteiger partial charge in [0.15, 0.2) is 0 Å². The highest BCUT2D eigenvalue weighted by Gasteiger charge is 2.11. The summed E-state index contributed by atoms with van der Waals surface area (Å²) in [4.78, 5) is 22.0. The summed E-state index contributed by atoms with van der Waals surface area (Å²) in [5.74, 6) is -0.0309. The van der Waals surface area contributed by atoms with Gasteiger partial charge >= 0.3 is 6.03 Å². The first kappa shape index (κ1) is 11.8. The summed E-state index contributed by atoms with van der Waals surface area (Å²) in [5, 5.41) is 0. The van der Waals surface area contributed by atoms with Gasteiger partial charge in [-0.25, -0.2) is 10.2 Å². The molecule has 6 nitrogen and oxygen atoms in total. The van der Waals surface area contributed by atoms with Gasteiger partial charge in [-0.15, -0.1) is 0 Å². The molecule has 0 fully saturated rings. The molecular weight excluding hydrogens is 210 g/mol. The Morgan fingerprint density at radius 1 is 1.31 bits per heavy atom. The molecule has 0 atom stereocenters. The minimum atomic E-state index is -0.831. The Balaban J connectivity index is 2.77. The van der Waals surface area contributed by atoms with E-state index in [4.69, 9.17) is 10.5 Å². The second-order valence-electron chi connectivity index (χ2n) is 2.87. The molecule has 1 rings (SSSR count). The van der Waals surface area contributed by atoms with Crippen molar-refractivity contribution in [3.63, 3.8) is 0 Å². The molecule has 1 aromatic rings. The van der Waals surface area contributed by atoms with Crippen molar-refractivity contribution in [3.05, 3.63) is 29.8 Å². The van der Waals surface area contributed by atoms with Crippen molar-refractivity contribution in [1.82, 2.24) is 10.9 Å². The Hall–Kier alpha value is -2.24. The number of hydrogen-bond donors (Lipinski definition) is 3. The van der Waals surface area contributed by atoms with Gasteiger partial charge in [-0.2, -0.15) is 0 Å². The fraction of sp³-hybridized carbons (Fsp3) is 0.200. The molecule has 0 radical (unpaired) electrons. The molecule has 0 bridgehead atoms. The normalized spacial score (nSPS) is 9.31. The van der Waals surface area contributed by atoms with Crippen LogP contribution in [-0.4, -0.2) is 18.5 Å². The van der Waals surface area contributed by atoms with Crippen LogP contribution in [-0.2, 0) is 0 Å². The van der Waals surface area contributed by atoms with Gasteiger partial charge in [0.2, 0.25) is 0 Å². The lowest BCUT2D eigenvalue weighted by Crippen LogP contribution is -2.44. The Morgan fingerprint density at radius 3 is 2.62 bits per heavy atom. The topological polar surface area (TPSA) is 93.4 Å². The van der Waals surface area contributed by atoms with Crippen molar-refractivity contribution in [2.75, 3.05) is 6.61 Å². The molecule has 1 aromatic carbocycles. The lowest BCUT2D eigenvalue weighted by molar-refractivity contribution is 0.0933. The monoisotopic (exact) mass is 223 g/mol. The van der Waals surface area contributed by atoms with Crippen LogP contribution in [0.15, 0.2) is 24.3 Å². The van der Waals surface area contributed by atoms with Crippen LogP contribution < -0.4 is 21.3 Å². The number of ether oxygens (including phenoxy) is 1. The van der Waals surface area contributed by atoms with E-state index in [9.17, 15) is 9.59 Å². The van der Waals surface area contributed by atoms with E-state index in [0.717, 1.165) is 0 Å². The molecule has 4 N–H and O–H groups in total. The summed E-state index contributed by atoms with van der Waals surface area (Å²) < 4.78 is 5.26.